The zero-order valence-electron chi connectivity index (χ0n) is 12.7. The van der Waals surface area contributed by atoms with Gasteiger partial charge in [0.2, 0.25) is 0 Å². The number of aliphatic hydroxyl groups excluding tert-OH is 1. The quantitative estimate of drug-likeness (QED) is 0.670. The minimum absolute atomic E-state index is 0.266. The molecule has 4 nitrogen and oxygen atoms in total. The van der Waals surface area contributed by atoms with E-state index in [-0.39, 0.29) is 6.10 Å². The third-order valence-electron chi connectivity index (χ3n) is 3.15. The molecule has 0 radical (unpaired) electrons. The molecular formula is C16H26O4. The summed E-state index contributed by atoms with van der Waals surface area (Å²) in [6.07, 6.45) is 1.30. The van der Waals surface area contributed by atoms with E-state index in [9.17, 15) is 5.11 Å². The Morgan fingerprint density at radius 3 is 2.40 bits per heavy atom. The highest BCUT2D eigenvalue weighted by atomic mass is 16.5. The van der Waals surface area contributed by atoms with E-state index in [0.29, 0.717) is 13.2 Å². The number of hydrogen-bond donors (Lipinski definition) is 1. The van der Waals surface area contributed by atoms with Crippen LogP contribution in [0.25, 0.3) is 0 Å². The van der Waals surface area contributed by atoms with Crippen LogP contribution in [0.2, 0.25) is 0 Å². The van der Waals surface area contributed by atoms with E-state index in [0.717, 1.165) is 30.8 Å². The van der Waals surface area contributed by atoms with E-state index in [4.69, 9.17) is 14.2 Å². The Balaban J connectivity index is 2.28. The van der Waals surface area contributed by atoms with Gasteiger partial charge < -0.3 is 19.3 Å². The molecule has 0 amide bonds. The molecule has 0 aliphatic carbocycles. The number of aliphatic hydroxyl groups is 1. The van der Waals surface area contributed by atoms with Gasteiger partial charge in [0.25, 0.3) is 0 Å². The summed E-state index contributed by atoms with van der Waals surface area (Å²) < 4.78 is 16.1. The lowest BCUT2D eigenvalue weighted by molar-refractivity contribution is -0.0484. The Labute approximate surface area is 121 Å². The van der Waals surface area contributed by atoms with E-state index < -0.39 is 6.10 Å². The smallest absolute Gasteiger partial charge is 0.118 e. The Morgan fingerprint density at radius 2 is 1.80 bits per heavy atom. The molecule has 0 spiro atoms. The van der Waals surface area contributed by atoms with Gasteiger partial charge >= 0.3 is 0 Å². The van der Waals surface area contributed by atoms with Gasteiger partial charge in [0.05, 0.1) is 26.4 Å². The molecule has 114 valence electrons. The maximum atomic E-state index is 10.2. The average molecular weight is 282 g/mol. The van der Waals surface area contributed by atoms with Crippen molar-refractivity contribution < 1.29 is 19.3 Å². The van der Waals surface area contributed by atoms with E-state index in [1.807, 2.05) is 31.2 Å². The maximum Gasteiger partial charge on any atom is 0.118 e. The molecule has 1 aromatic rings. The predicted molar refractivity (Wildman–Crippen MR) is 79.1 cm³/mol. The van der Waals surface area contributed by atoms with Gasteiger partial charge in [-0.15, -0.1) is 0 Å². The van der Waals surface area contributed by atoms with Crippen LogP contribution >= 0.6 is 0 Å². The van der Waals surface area contributed by atoms with Crippen molar-refractivity contribution in [3.63, 3.8) is 0 Å². The number of ether oxygens (including phenoxy) is 3. The first-order valence-electron chi connectivity index (χ1n) is 7.20. The van der Waals surface area contributed by atoms with Gasteiger partial charge in [0, 0.05) is 6.61 Å². The van der Waals surface area contributed by atoms with Crippen LogP contribution in [0.3, 0.4) is 0 Å². The van der Waals surface area contributed by atoms with E-state index in [2.05, 4.69) is 6.92 Å². The summed E-state index contributed by atoms with van der Waals surface area (Å²) in [4.78, 5) is 0. The summed E-state index contributed by atoms with van der Waals surface area (Å²) in [5, 5.41) is 10.2. The highest BCUT2D eigenvalue weighted by Gasteiger charge is 2.16. The standard InChI is InChI=1S/C16H26O4/c1-4-5-10-19-11-12-20-13(2)16(17)14-6-8-15(18-3)9-7-14/h6-9,13,16-17H,4-5,10-12H2,1-3H3. The zero-order valence-corrected chi connectivity index (χ0v) is 12.7. The summed E-state index contributed by atoms with van der Waals surface area (Å²) in [5.74, 6) is 0.777. The summed E-state index contributed by atoms with van der Waals surface area (Å²) in [6, 6.07) is 7.36. The van der Waals surface area contributed by atoms with E-state index in [1.54, 1.807) is 7.11 Å². The molecule has 1 rings (SSSR count). The minimum atomic E-state index is -0.642. The fraction of sp³-hybridized carbons (Fsp3) is 0.625. The number of methoxy groups -OCH3 is 1. The van der Waals surface area contributed by atoms with Crippen LogP contribution in [0.1, 0.15) is 38.4 Å². The SMILES string of the molecule is CCCCOCCOC(C)C(O)c1ccc(OC)cc1. The second kappa shape index (κ2) is 9.75. The first-order valence-corrected chi connectivity index (χ1v) is 7.20. The normalized spacial score (nSPS) is 14.0. The van der Waals surface area contributed by atoms with Gasteiger partial charge in [-0.3, -0.25) is 0 Å². The third kappa shape index (κ3) is 5.90. The van der Waals surface area contributed by atoms with Gasteiger partial charge in [0.15, 0.2) is 0 Å². The van der Waals surface area contributed by atoms with Crippen LogP contribution in [0.15, 0.2) is 24.3 Å². The molecule has 4 heteroatoms. The Bertz CT molecular complexity index is 350. The molecule has 1 N–H and O–H groups in total. The molecule has 0 aromatic heterocycles. The molecule has 20 heavy (non-hydrogen) atoms. The van der Waals surface area contributed by atoms with Crippen molar-refractivity contribution in [1.82, 2.24) is 0 Å². The average Bonchev–Trinajstić information content (AvgIpc) is 2.50. The molecule has 1 aromatic carbocycles. The second-order valence-corrected chi connectivity index (χ2v) is 4.76. The summed E-state index contributed by atoms with van der Waals surface area (Å²) in [5.41, 5.74) is 0.824. The summed E-state index contributed by atoms with van der Waals surface area (Å²) in [6.45, 7) is 5.83. The summed E-state index contributed by atoms with van der Waals surface area (Å²) in [7, 11) is 1.62. The van der Waals surface area contributed by atoms with Crippen LogP contribution in [-0.4, -0.2) is 38.1 Å². The number of unbranched alkanes of at least 4 members (excludes halogenated alkanes) is 1. The van der Waals surface area contributed by atoms with Gasteiger partial charge in [-0.1, -0.05) is 25.5 Å². The molecule has 0 aliphatic heterocycles. The van der Waals surface area contributed by atoms with Crippen molar-refractivity contribution in [2.45, 2.75) is 38.9 Å². The van der Waals surface area contributed by atoms with E-state index >= 15 is 0 Å². The Kier molecular flexibility index (Phi) is 8.26. The molecule has 0 heterocycles. The molecule has 0 fully saturated rings. The zero-order chi connectivity index (χ0) is 14.8. The largest absolute Gasteiger partial charge is 0.497 e. The fourth-order valence-corrected chi connectivity index (χ4v) is 1.80. The lowest BCUT2D eigenvalue weighted by Crippen LogP contribution is -2.21. The highest BCUT2D eigenvalue weighted by Crippen LogP contribution is 2.21. The van der Waals surface area contributed by atoms with E-state index in [1.165, 1.54) is 0 Å². The second-order valence-electron chi connectivity index (χ2n) is 4.76. The number of benzene rings is 1. The van der Waals surface area contributed by atoms with Gasteiger partial charge in [-0.25, -0.2) is 0 Å². The van der Waals surface area contributed by atoms with Crippen LogP contribution < -0.4 is 4.74 Å². The molecule has 2 atom stereocenters. The van der Waals surface area contributed by atoms with Crippen molar-refractivity contribution in [2.75, 3.05) is 26.9 Å². The van der Waals surface area contributed by atoms with Gasteiger partial charge in [-0.2, -0.15) is 0 Å². The van der Waals surface area contributed by atoms with Crippen molar-refractivity contribution in [3.8, 4) is 5.75 Å². The van der Waals surface area contributed by atoms with Crippen LogP contribution in [-0.2, 0) is 9.47 Å². The predicted octanol–water partition coefficient (Wildman–Crippen LogP) is 2.95. The van der Waals surface area contributed by atoms with Crippen molar-refractivity contribution in [1.29, 1.82) is 0 Å². The molecular weight excluding hydrogens is 256 g/mol. The maximum absolute atomic E-state index is 10.2. The molecule has 0 bridgehead atoms. The van der Waals surface area contributed by atoms with Crippen molar-refractivity contribution in [3.05, 3.63) is 29.8 Å². The lowest BCUT2D eigenvalue weighted by Gasteiger charge is -2.20. The highest BCUT2D eigenvalue weighted by molar-refractivity contribution is 5.28. The monoisotopic (exact) mass is 282 g/mol. The minimum Gasteiger partial charge on any atom is -0.497 e. The molecule has 0 saturated heterocycles. The third-order valence-corrected chi connectivity index (χ3v) is 3.15. The van der Waals surface area contributed by atoms with Crippen molar-refractivity contribution >= 4 is 0 Å². The van der Waals surface area contributed by atoms with Crippen LogP contribution in [0.4, 0.5) is 0 Å². The number of rotatable bonds is 10. The Hall–Kier alpha value is -1.10. The topological polar surface area (TPSA) is 47.9 Å². The van der Waals surface area contributed by atoms with Gasteiger partial charge in [0.1, 0.15) is 11.9 Å². The first-order chi connectivity index (χ1) is 9.69. The van der Waals surface area contributed by atoms with Crippen LogP contribution in [0.5, 0.6) is 5.75 Å². The fourth-order valence-electron chi connectivity index (χ4n) is 1.80. The summed E-state index contributed by atoms with van der Waals surface area (Å²) >= 11 is 0. The van der Waals surface area contributed by atoms with Gasteiger partial charge in [-0.05, 0) is 31.0 Å². The lowest BCUT2D eigenvalue weighted by atomic mass is 10.1. The van der Waals surface area contributed by atoms with Crippen molar-refractivity contribution in [2.24, 2.45) is 0 Å². The van der Waals surface area contributed by atoms with Crippen LogP contribution in [0, 0.1) is 0 Å². The molecule has 0 saturated carbocycles. The molecule has 0 aliphatic rings. The number of hydrogen-bond acceptors (Lipinski definition) is 4. The Morgan fingerprint density at radius 1 is 1.10 bits per heavy atom. The molecule has 2 unspecified atom stereocenters. The first kappa shape index (κ1) is 17.0.